The van der Waals surface area contributed by atoms with Gasteiger partial charge in [0.15, 0.2) is 6.61 Å². The Kier molecular flexibility index (Phi) is 5.02. The molecule has 0 unspecified atom stereocenters. The third-order valence-corrected chi connectivity index (χ3v) is 4.29. The van der Waals surface area contributed by atoms with Crippen LogP contribution >= 0.6 is 0 Å². The molecule has 0 aliphatic carbocycles. The lowest BCUT2D eigenvalue weighted by Crippen LogP contribution is -2.20. The summed E-state index contributed by atoms with van der Waals surface area (Å²) in [5, 5.41) is 0. The Bertz CT molecular complexity index is 818. The number of benzene rings is 2. The standard InChI is InChI=1S/C15H13F4NO3S/c1-10-2-5-12(6-3-10)24(21,22)20-13-8-11(16)4-7-14(13)23-9-15(17,18)19/h2-8,20H,9H2,1H3. The molecule has 0 heterocycles. The molecule has 0 aromatic heterocycles. The number of sulfonamides is 1. The van der Waals surface area contributed by atoms with Gasteiger partial charge in [0, 0.05) is 6.07 Å². The molecule has 1 N–H and O–H groups in total. The summed E-state index contributed by atoms with van der Waals surface area (Å²) in [6, 6.07) is 8.31. The van der Waals surface area contributed by atoms with E-state index in [4.69, 9.17) is 0 Å². The van der Waals surface area contributed by atoms with E-state index in [9.17, 15) is 26.0 Å². The summed E-state index contributed by atoms with van der Waals surface area (Å²) in [5.41, 5.74) is 0.411. The second-order valence-electron chi connectivity index (χ2n) is 4.96. The number of alkyl halides is 3. The number of hydrogen-bond donors (Lipinski definition) is 1. The topological polar surface area (TPSA) is 55.4 Å². The molecule has 0 spiro atoms. The zero-order valence-electron chi connectivity index (χ0n) is 12.4. The summed E-state index contributed by atoms with van der Waals surface area (Å²) in [4.78, 5) is -0.112. The molecule has 0 atom stereocenters. The van der Waals surface area contributed by atoms with E-state index in [1.165, 1.54) is 12.1 Å². The van der Waals surface area contributed by atoms with Crippen LogP contribution in [-0.4, -0.2) is 21.2 Å². The highest BCUT2D eigenvalue weighted by atomic mass is 32.2. The van der Waals surface area contributed by atoms with Gasteiger partial charge >= 0.3 is 6.18 Å². The molecule has 2 aromatic carbocycles. The summed E-state index contributed by atoms with van der Waals surface area (Å²) < 4.78 is 81.2. The first-order valence-electron chi connectivity index (χ1n) is 6.65. The van der Waals surface area contributed by atoms with Crippen molar-refractivity contribution in [1.29, 1.82) is 0 Å². The number of anilines is 1. The van der Waals surface area contributed by atoms with Gasteiger partial charge in [-0.3, -0.25) is 4.72 Å². The van der Waals surface area contributed by atoms with Gasteiger partial charge in [0.05, 0.1) is 10.6 Å². The number of ether oxygens (including phenoxy) is 1. The maximum Gasteiger partial charge on any atom is 0.422 e. The molecule has 0 aliphatic heterocycles. The number of hydrogen-bond acceptors (Lipinski definition) is 3. The molecule has 0 radical (unpaired) electrons. The van der Waals surface area contributed by atoms with E-state index >= 15 is 0 Å². The zero-order valence-corrected chi connectivity index (χ0v) is 13.2. The molecule has 2 aromatic rings. The van der Waals surface area contributed by atoms with Crippen molar-refractivity contribution >= 4 is 15.7 Å². The quantitative estimate of drug-likeness (QED) is 0.821. The Morgan fingerprint density at radius 2 is 1.71 bits per heavy atom. The third kappa shape index (κ3) is 4.85. The summed E-state index contributed by atoms with van der Waals surface area (Å²) in [6.45, 7) is 0.136. The van der Waals surface area contributed by atoms with Crippen LogP contribution < -0.4 is 9.46 Å². The zero-order chi connectivity index (χ0) is 18.0. The van der Waals surface area contributed by atoms with Crippen molar-refractivity contribution in [2.45, 2.75) is 18.0 Å². The van der Waals surface area contributed by atoms with Gasteiger partial charge in [-0.05, 0) is 31.2 Å². The minimum Gasteiger partial charge on any atom is -0.482 e. The lowest BCUT2D eigenvalue weighted by atomic mass is 10.2. The van der Waals surface area contributed by atoms with Crippen molar-refractivity contribution in [1.82, 2.24) is 0 Å². The van der Waals surface area contributed by atoms with E-state index in [1.54, 1.807) is 19.1 Å². The van der Waals surface area contributed by atoms with Crippen LogP contribution in [0.2, 0.25) is 0 Å². The van der Waals surface area contributed by atoms with Crippen LogP contribution in [0.15, 0.2) is 47.4 Å². The fourth-order valence-corrected chi connectivity index (χ4v) is 2.85. The van der Waals surface area contributed by atoms with Crippen LogP contribution in [0.3, 0.4) is 0 Å². The molecular formula is C15H13F4NO3S. The van der Waals surface area contributed by atoms with Crippen molar-refractivity contribution in [3.05, 3.63) is 53.8 Å². The largest absolute Gasteiger partial charge is 0.482 e. The highest BCUT2D eigenvalue weighted by Crippen LogP contribution is 2.29. The van der Waals surface area contributed by atoms with Crippen molar-refractivity contribution in [3.8, 4) is 5.75 Å². The van der Waals surface area contributed by atoms with Crippen LogP contribution in [0, 0.1) is 12.7 Å². The second-order valence-corrected chi connectivity index (χ2v) is 6.65. The number of nitrogens with one attached hydrogen (secondary N) is 1. The van der Waals surface area contributed by atoms with E-state index in [1.807, 2.05) is 4.72 Å². The molecule has 9 heteroatoms. The lowest BCUT2D eigenvalue weighted by molar-refractivity contribution is -0.153. The number of rotatable bonds is 5. The van der Waals surface area contributed by atoms with Crippen LogP contribution in [-0.2, 0) is 10.0 Å². The van der Waals surface area contributed by atoms with Crippen LogP contribution in [0.1, 0.15) is 5.56 Å². The van der Waals surface area contributed by atoms with E-state index < -0.39 is 40.1 Å². The predicted molar refractivity (Wildman–Crippen MR) is 79.9 cm³/mol. The maximum absolute atomic E-state index is 13.3. The van der Waals surface area contributed by atoms with Gasteiger partial charge in [0.1, 0.15) is 11.6 Å². The van der Waals surface area contributed by atoms with Gasteiger partial charge in [-0.2, -0.15) is 13.2 Å². The predicted octanol–water partition coefficient (Wildman–Crippen LogP) is 3.88. The molecule has 0 bridgehead atoms. The first-order chi connectivity index (χ1) is 11.1. The Labute approximate surface area is 136 Å². The Morgan fingerprint density at radius 3 is 2.29 bits per heavy atom. The van der Waals surface area contributed by atoms with Crippen LogP contribution in [0.4, 0.5) is 23.2 Å². The van der Waals surface area contributed by atoms with Crippen molar-refractivity contribution in [2.75, 3.05) is 11.3 Å². The first kappa shape index (κ1) is 18.1. The van der Waals surface area contributed by atoms with Crippen molar-refractivity contribution < 1.29 is 30.7 Å². The summed E-state index contributed by atoms with van der Waals surface area (Å²) in [5.74, 6) is -1.25. The molecule has 130 valence electrons. The first-order valence-corrected chi connectivity index (χ1v) is 8.14. The Hall–Kier alpha value is -2.29. The fraction of sp³-hybridized carbons (Fsp3) is 0.200. The van der Waals surface area contributed by atoms with E-state index in [0.717, 1.165) is 23.8 Å². The van der Waals surface area contributed by atoms with Gasteiger partial charge in [0.25, 0.3) is 10.0 Å². The van der Waals surface area contributed by atoms with Gasteiger partial charge in [-0.25, -0.2) is 12.8 Å². The summed E-state index contributed by atoms with van der Waals surface area (Å²) >= 11 is 0. The van der Waals surface area contributed by atoms with E-state index in [-0.39, 0.29) is 4.90 Å². The number of halogens is 4. The van der Waals surface area contributed by atoms with Gasteiger partial charge < -0.3 is 4.74 Å². The summed E-state index contributed by atoms with van der Waals surface area (Å²) in [7, 11) is -4.10. The van der Waals surface area contributed by atoms with E-state index in [2.05, 4.69) is 4.74 Å². The molecule has 2 rings (SSSR count). The molecule has 24 heavy (non-hydrogen) atoms. The monoisotopic (exact) mass is 363 g/mol. The highest BCUT2D eigenvalue weighted by Gasteiger charge is 2.29. The Balaban J connectivity index is 2.30. The van der Waals surface area contributed by atoms with Crippen LogP contribution in [0.5, 0.6) is 5.75 Å². The molecule has 0 amide bonds. The molecule has 0 saturated heterocycles. The number of aryl methyl sites for hydroxylation is 1. The minimum atomic E-state index is -4.61. The molecule has 4 nitrogen and oxygen atoms in total. The molecule has 0 fully saturated rings. The molecular weight excluding hydrogens is 350 g/mol. The average Bonchev–Trinajstić information content (AvgIpc) is 2.45. The Morgan fingerprint density at radius 1 is 1.08 bits per heavy atom. The normalized spacial score (nSPS) is 12.0. The van der Waals surface area contributed by atoms with Crippen LogP contribution in [0.25, 0.3) is 0 Å². The smallest absolute Gasteiger partial charge is 0.422 e. The van der Waals surface area contributed by atoms with E-state index in [0.29, 0.717) is 0 Å². The van der Waals surface area contributed by atoms with Gasteiger partial charge in [-0.15, -0.1) is 0 Å². The summed E-state index contributed by atoms with van der Waals surface area (Å²) in [6.07, 6.45) is -4.61. The lowest BCUT2D eigenvalue weighted by Gasteiger charge is -2.15. The second kappa shape index (κ2) is 6.68. The third-order valence-electron chi connectivity index (χ3n) is 2.91. The highest BCUT2D eigenvalue weighted by molar-refractivity contribution is 7.92. The minimum absolute atomic E-state index is 0.112. The van der Waals surface area contributed by atoms with Crippen molar-refractivity contribution in [2.24, 2.45) is 0 Å². The molecule has 0 saturated carbocycles. The SMILES string of the molecule is Cc1ccc(S(=O)(=O)Nc2cc(F)ccc2OCC(F)(F)F)cc1. The maximum atomic E-state index is 13.3. The van der Waals surface area contributed by atoms with Gasteiger partial charge in [-0.1, -0.05) is 17.7 Å². The average molecular weight is 363 g/mol. The van der Waals surface area contributed by atoms with Gasteiger partial charge in [0.2, 0.25) is 0 Å². The van der Waals surface area contributed by atoms with Crippen molar-refractivity contribution in [3.63, 3.8) is 0 Å². The molecule has 0 aliphatic rings. The fourth-order valence-electron chi connectivity index (χ4n) is 1.79.